The van der Waals surface area contributed by atoms with Gasteiger partial charge in [0.2, 0.25) is 0 Å². The van der Waals surface area contributed by atoms with Gasteiger partial charge in [0.1, 0.15) is 11.5 Å². The molecule has 9 heteroatoms. The molecule has 0 aromatic heterocycles. The molecule has 2 aromatic carbocycles. The molecule has 142 valence electrons. The fourth-order valence-electron chi connectivity index (χ4n) is 2.08. The highest BCUT2D eigenvalue weighted by molar-refractivity contribution is 9.11. The molecule has 0 fully saturated rings. The van der Waals surface area contributed by atoms with Crippen molar-refractivity contribution in [3.05, 3.63) is 60.6 Å². The number of phenols is 1. The number of phenolic OH excluding ortho intramolecular Hbond substituents is 1. The van der Waals surface area contributed by atoms with Gasteiger partial charge in [0.05, 0.1) is 27.1 Å². The lowest BCUT2D eigenvalue weighted by molar-refractivity contribution is -0.119. The molecule has 1 amide bonds. The Morgan fingerprint density at radius 2 is 1.74 bits per heavy atom. The van der Waals surface area contributed by atoms with Gasteiger partial charge < -0.3 is 20.3 Å². The van der Waals surface area contributed by atoms with Crippen LogP contribution in [0.1, 0.15) is 15.9 Å². The second-order valence-electron chi connectivity index (χ2n) is 5.32. The Bertz CT molecular complexity index is 904. The average molecular weight is 564 g/mol. The van der Waals surface area contributed by atoms with Crippen LogP contribution in [0.4, 0.5) is 0 Å². The van der Waals surface area contributed by atoms with Crippen LogP contribution in [0.25, 0.3) is 6.08 Å². The summed E-state index contributed by atoms with van der Waals surface area (Å²) in [4.78, 5) is 24.2. The van der Waals surface area contributed by atoms with E-state index in [1.165, 1.54) is 25.3 Å². The number of aliphatic hydroxyl groups excluding tert-OH is 1. The first-order valence-corrected chi connectivity index (χ1v) is 9.84. The van der Waals surface area contributed by atoms with Crippen LogP contribution in [0.2, 0.25) is 0 Å². The van der Waals surface area contributed by atoms with Gasteiger partial charge in [0.25, 0.3) is 5.91 Å². The summed E-state index contributed by atoms with van der Waals surface area (Å²) >= 11 is 9.60. The smallest absolute Gasteiger partial charge is 0.286 e. The highest BCUT2D eigenvalue weighted by Gasteiger charge is 2.14. The van der Waals surface area contributed by atoms with Crippen molar-refractivity contribution in [1.82, 2.24) is 5.32 Å². The van der Waals surface area contributed by atoms with Crippen molar-refractivity contribution < 1.29 is 24.5 Å². The van der Waals surface area contributed by atoms with Gasteiger partial charge in [0, 0.05) is 5.56 Å². The molecule has 0 unspecified atom stereocenters. The number of aliphatic hydroxyl groups is 1. The molecule has 2 aromatic rings. The molecule has 0 aliphatic carbocycles. The van der Waals surface area contributed by atoms with Gasteiger partial charge in [0.15, 0.2) is 11.5 Å². The first kappa shape index (κ1) is 21.5. The summed E-state index contributed by atoms with van der Waals surface area (Å²) in [5.74, 6) is -1.11. The Morgan fingerprint density at radius 3 is 2.30 bits per heavy atom. The van der Waals surface area contributed by atoms with E-state index in [1.54, 1.807) is 18.2 Å². The van der Waals surface area contributed by atoms with Crippen molar-refractivity contribution in [3.63, 3.8) is 0 Å². The molecule has 0 atom stereocenters. The number of rotatable bonds is 6. The van der Waals surface area contributed by atoms with Crippen LogP contribution in [0, 0.1) is 0 Å². The monoisotopic (exact) mass is 561 g/mol. The summed E-state index contributed by atoms with van der Waals surface area (Å²) < 4.78 is 6.48. The van der Waals surface area contributed by atoms with Crippen molar-refractivity contribution in [3.8, 4) is 11.5 Å². The van der Waals surface area contributed by atoms with Crippen LogP contribution in [-0.2, 0) is 4.79 Å². The molecule has 0 bridgehead atoms. The molecule has 0 aliphatic heterocycles. The zero-order valence-electron chi connectivity index (χ0n) is 13.9. The van der Waals surface area contributed by atoms with Gasteiger partial charge in [-0.1, -0.05) is 6.07 Å². The number of hydrogen-bond acceptors (Lipinski definition) is 5. The van der Waals surface area contributed by atoms with Crippen molar-refractivity contribution in [2.24, 2.45) is 0 Å². The number of ether oxygens (including phenoxy) is 1. The number of carbonyl (C=O) groups is 2. The third-order valence-electron chi connectivity index (χ3n) is 3.46. The maximum Gasteiger partial charge on any atom is 0.286 e. The Morgan fingerprint density at radius 1 is 1.11 bits per heavy atom. The van der Waals surface area contributed by atoms with E-state index in [0.717, 1.165) is 0 Å². The van der Waals surface area contributed by atoms with Crippen LogP contribution in [-0.4, -0.2) is 35.6 Å². The first-order valence-electron chi connectivity index (χ1n) is 7.46. The number of ketones is 1. The van der Waals surface area contributed by atoms with Crippen LogP contribution in [0.5, 0.6) is 11.5 Å². The van der Waals surface area contributed by atoms with E-state index in [-0.39, 0.29) is 23.6 Å². The summed E-state index contributed by atoms with van der Waals surface area (Å²) in [7, 11) is 1.53. The van der Waals surface area contributed by atoms with Gasteiger partial charge in [-0.2, -0.15) is 0 Å². The lowest BCUT2D eigenvalue weighted by atomic mass is 10.1. The third kappa shape index (κ3) is 5.57. The van der Waals surface area contributed by atoms with Crippen LogP contribution >= 0.6 is 47.8 Å². The van der Waals surface area contributed by atoms with Crippen LogP contribution < -0.4 is 10.1 Å². The molecule has 6 nitrogen and oxygen atoms in total. The van der Waals surface area contributed by atoms with Gasteiger partial charge in [-0.05, 0) is 83.7 Å². The quantitative estimate of drug-likeness (QED) is 0.271. The summed E-state index contributed by atoms with van der Waals surface area (Å²) in [5.41, 5.74) is 0.863. The standard InChI is InChI=1S/C18H14Br3NO5/c1-27-16-3-2-9(4-11(16)19)5-14(23)18(26)22-8-15(24)10-6-12(20)17(25)13(21)7-10/h2-7,23,25H,8H2,1H3,(H,22,26)/b14-5-. The topological polar surface area (TPSA) is 95.9 Å². The summed E-state index contributed by atoms with van der Waals surface area (Å²) in [6.45, 7) is -0.313. The molecule has 0 saturated heterocycles. The number of nitrogens with one attached hydrogen (secondary N) is 1. The molecule has 0 heterocycles. The largest absolute Gasteiger partial charge is 0.506 e. The SMILES string of the molecule is COc1ccc(/C=C(\O)C(=O)NCC(=O)c2cc(Br)c(O)c(Br)c2)cc1Br. The van der Waals surface area contributed by atoms with E-state index >= 15 is 0 Å². The maximum atomic E-state index is 12.2. The van der Waals surface area contributed by atoms with Crippen molar-refractivity contribution in [2.45, 2.75) is 0 Å². The number of halogens is 3. The number of hydrogen-bond donors (Lipinski definition) is 3. The normalized spacial score (nSPS) is 11.2. The van der Waals surface area contributed by atoms with E-state index in [9.17, 15) is 19.8 Å². The fraction of sp³-hybridized carbons (Fsp3) is 0.111. The van der Waals surface area contributed by atoms with Crippen molar-refractivity contribution in [1.29, 1.82) is 0 Å². The summed E-state index contributed by atoms with van der Waals surface area (Å²) in [6.07, 6.45) is 1.28. The van der Waals surface area contributed by atoms with Gasteiger partial charge >= 0.3 is 0 Å². The van der Waals surface area contributed by atoms with E-state index in [1.807, 2.05) is 0 Å². The highest BCUT2D eigenvalue weighted by Crippen LogP contribution is 2.33. The number of amides is 1. The first-order chi connectivity index (χ1) is 12.7. The minimum absolute atomic E-state index is 0.0261. The lowest BCUT2D eigenvalue weighted by Gasteiger charge is -2.07. The highest BCUT2D eigenvalue weighted by atomic mass is 79.9. The zero-order valence-corrected chi connectivity index (χ0v) is 18.7. The maximum absolute atomic E-state index is 12.2. The number of benzene rings is 2. The molecule has 0 aliphatic rings. The van der Waals surface area contributed by atoms with Crippen LogP contribution in [0.3, 0.4) is 0 Å². The third-order valence-corrected chi connectivity index (χ3v) is 5.29. The second-order valence-corrected chi connectivity index (χ2v) is 7.88. The number of methoxy groups -OCH3 is 1. The number of carbonyl (C=O) groups excluding carboxylic acids is 2. The van der Waals surface area contributed by atoms with Crippen LogP contribution in [0.15, 0.2) is 49.5 Å². The molecule has 27 heavy (non-hydrogen) atoms. The molecular formula is C18H14Br3NO5. The van der Waals surface area contributed by atoms with E-state index < -0.39 is 11.7 Å². The van der Waals surface area contributed by atoms with E-state index in [4.69, 9.17) is 4.74 Å². The summed E-state index contributed by atoms with van der Waals surface area (Å²) in [5, 5.41) is 22.0. The average Bonchev–Trinajstić information content (AvgIpc) is 2.63. The van der Waals surface area contributed by atoms with Gasteiger partial charge in [-0.25, -0.2) is 0 Å². The predicted molar refractivity (Wildman–Crippen MR) is 112 cm³/mol. The van der Waals surface area contributed by atoms with Gasteiger partial charge in [-0.15, -0.1) is 0 Å². The fourth-order valence-corrected chi connectivity index (χ4v) is 3.82. The second kappa shape index (κ2) is 9.38. The Kier molecular flexibility index (Phi) is 7.46. The van der Waals surface area contributed by atoms with Gasteiger partial charge in [-0.3, -0.25) is 9.59 Å². The van der Waals surface area contributed by atoms with Crippen molar-refractivity contribution in [2.75, 3.05) is 13.7 Å². The van der Waals surface area contributed by atoms with E-state index in [0.29, 0.717) is 24.7 Å². The molecular weight excluding hydrogens is 550 g/mol. The number of Topliss-reactive ketones (excluding diaryl/α,β-unsaturated/α-hetero) is 1. The Hall–Kier alpha value is -1.84. The Balaban J connectivity index is 2.04. The minimum Gasteiger partial charge on any atom is -0.506 e. The number of aromatic hydroxyl groups is 1. The summed E-state index contributed by atoms with van der Waals surface area (Å²) in [6, 6.07) is 7.92. The lowest BCUT2D eigenvalue weighted by Crippen LogP contribution is -2.30. The molecule has 3 N–H and O–H groups in total. The molecule has 2 rings (SSSR count). The molecule has 0 radical (unpaired) electrons. The molecule has 0 saturated carbocycles. The van der Waals surface area contributed by atoms with Crippen molar-refractivity contribution >= 4 is 65.6 Å². The van der Waals surface area contributed by atoms with E-state index in [2.05, 4.69) is 53.1 Å². The predicted octanol–water partition coefficient (Wildman–Crippen LogP) is 4.59. The Labute approximate surface area is 180 Å². The minimum atomic E-state index is -0.785. The zero-order chi connectivity index (χ0) is 20.1. The molecule has 0 spiro atoms.